The van der Waals surface area contributed by atoms with E-state index in [1.54, 1.807) is 7.11 Å². The van der Waals surface area contributed by atoms with Gasteiger partial charge in [-0.25, -0.2) is 0 Å². The van der Waals surface area contributed by atoms with Crippen LogP contribution in [0.2, 0.25) is 0 Å². The van der Waals surface area contributed by atoms with Crippen LogP contribution in [0.15, 0.2) is 18.2 Å². The van der Waals surface area contributed by atoms with Gasteiger partial charge >= 0.3 is 0 Å². The van der Waals surface area contributed by atoms with Gasteiger partial charge in [0.1, 0.15) is 12.4 Å². The summed E-state index contributed by atoms with van der Waals surface area (Å²) in [7, 11) is 1.61. The lowest BCUT2D eigenvalue weighted by atomic mass is 9.95. The Balaban J connectivity index is 2.13. The molecule has 2 N–H and O–H groups in total. The number of piperidine rings is 1. The fraction of sp³-hybridized carbons (Fsp3) is 0.529. The average Bonchev–Trinajstić information content (AvgIpc) is 2.44. The molecular weight excluding hydrogens is 266 g/mol. The van der Waals surface area contributed by atoms with Gasteiger partial charge in [0.25, 0.3) is 0 Å². The van der Waals surface area contributed by atoms with Gasteiger partial charge in [-0.1, -0.05) is 17.9 Å². The summed E-state index contributed by atoms with van der Waals surface area (Å²) in [5, 5.41) is 19.0. The standard InChI is InChI=1S/C17H23NO3/c1-17(20)8-4-9-18(13-17)12-14-6-7-16(21-2)15(11-14)5-3-10-19/h6-7,11,19-20H,4,8-10,12-13H2,1-2H3. The molecular formula is C17H23NO3. The molecule has 0 spiro atoms. The summed E-state index contributed by atoms with van der Waals surface area (Å²) in [5.74, 6) is 6.28. The predicted molar refractivity (Wildman–Crippen MR) is 82.1 cm³/mol. The van der Waals surface area contributed by atoms with E-state index >= 15 is 0 Å². The molecule has 1 aliphatic heterocycles. The highest BCUT2D eigenvalue weighted by molar-refractivity contribution is 5.48. The summed E-state index contributed by atoms with van der Waals surface area (Å²) in [6.45, 7) is 4.21. The highest BCUT2D eigenvalue weighted by Gasteiger charge is 2.28. The number of aliphatic hydroxyl groups is 2. The first-order valence-corrected chi connectivity index (χ1v) is 7.25. The van der Waals surface area contributed by atoms with Crippen molar-refractivity contribution < 1.29 is 14.9 Å². The second-order valence-corrected chi connectivity index (χ2v) is 5.81. The number of methoxy groups -OCH3 is 1. The molecule has 21 heavy (non-hydrogen) atoms. The molecule has 0 bridgehead atoms. The van der Waals surface area contributed by atoms with Gasteiger partial charge in [0.15, 0.2) is 0 Å². The van der Waals surface area contributed by atoms with Crippen LogP contribution in [-0.4, -0.2) is 47.5 Å². The van der Waals surface area contributed by atoms with Gasteiger partial charge in [-0.05, 0) is 44.0 Å². The Hall–Kier alpha value is -1.54. The van der Waals surface area contributed by atoms with Crippen LogP contribution < -0.4 is 4.74 Å². The van der Waals surface area contributed by atoms with Crippen molar-refractivity contribution in [2.75, 3.05) is 26.8 Å². The van der Waals surface area contributed by atoms with Gasteiger partial charge in [0, 0.05) is 13.1 Å². The first-order chi connectivity index (χ1) is 10.0. The lowest BCUT2D eigenvalue weighted by Gasteiger charge is -2.36. The van der Waals surface area contributed by atoms with E-state index in [0.717, 1.165) is 37.1 Å². The van der Waals surface area contributed by atoms with Crippen molar-refractivity contribution in [1.82, 2.24) is 4.90 Å². The van der Waals surface area contributed by atoms with E-state index in [-0.39, 0.29) is 6.61 Å². The van der Waals surface area contributed by atoms with Crippen molar-refractivity contribution in [3.63, 3.8) is 0 Å². The number of β-amino-alcohol motifs (C(OH)–C–C–N with tert-alkyl or cyclic N) is 1. The van der Waals surface area contributed by atoms with Crippen LogP contribution >= 0.6 is 0 Å². The van der Waals surface area contributed by atoms with Crippen molar-refractivity contribution >= 4 is 0 Å². The van der Waals surface area contributed by atoms with Crippen molar-refractivity contribution in [2.24, 2.45) is 0 Å². The largest absolute Gasteiger partial charge is 0.495 e. The minimum absolute atomic E-state index is 0.164. The third kappa shape index (κ3) is 4.47. The fourth-order valence-electron chi connectivity index (χ4n) is 2.80. The molecule has 1 unspecified atom stereocenters. The third-order valence-electron chi connectivity index (χ3n) is 3.73. The highest BCUT2D eigenvalue weighted by Crippen LogP contribution is 2.24. The molecule has 1 aliphatic rings. The maximum absolute atomic E-state index is 10.2. The molecule has 0 amide bonds. The summed E-state index contributed by atoms with van der Waals surface area (Å²) >= 11 is 0. The molecule has 0 aromatic heterocycles. The SMILES string of the molecule is COc1ccc(CN2CCCC(C)(O)C2)cc1C#CCO. The van der Waals surface area contributed by atoms with Gasteiger partial charge in [-0.3, -0.25) is 4.90 Å². The topological polar surface area (TPSA) is 52.9 Å². The zero-order chi connectivity index (χ0) is 15.3. The Kier molecular flexibility index (Phi) is 5.24. The summed E-state index contributed by atoms with van der Waals surface area (Å²) < 4.78 is 5.28. The number of ether oxygens (including phenoxy) is 1. The van der Waals surface area contributed by atoms with Crippen molar-refractivity contribution in [1.29, 1.82) is 0 Å². The number of hydrogen-bond donors (Lipinski definition) is 2. The minimum atomic E-state index is -0.593. The van der Waals surface area contributed by atoms with E-state index in [9.17, 15) is 5.11 Å². The quantitative estimate of drug-likeness (QED) is 0.826. The average molecular weight is 289 g/mol. The molecule has 114 valence electrons. The third-order valence-corrected chi connectivity index (χ3v) is 3.73. The molecule has 4 heteroatoms. The monoisotopic (exact) mass is 289 g/mol. The van der Waals surface area contributed by atoms with Gasteiger partial charge in [0.2, 0.25) is 0 Å². The molecule has 0 aliphatic carbocycles. The van der Waals surface area contributed by atoms with E-state index in [1.807, 2.05) is 25.1 Å². The van der Waals surface area contributed by atoms with E-state index in [4.69, 9.17) is 9.84 Å². The van der Waals surface area contributed by atoms with E-state index in [0.29, 0.717) is 12.3 Å². The van der Waals surface area contributed by atoms with Crippen molar-refractivity contribution in [2.45, 2.75) is 31.9 Å². The highest BCUT2D eigenvalue weighted by atomic mass is 16.5. The Morgan fingerprint density at radius 2 is 2.24 bits per heavy atom. The molecule has 1 heterocycles. The second kappa shape index (κ2) is 6.95. The van der Waals surface area contributed by atoms with Crippen LogP contribution in [0.5, 0.6) is 5.75 Å². The molecule has 1 atom stereocenters. The fourth-order valence-corrected chi connectivity index (χ4v) is 2.80. The van der Waals surface area contributed by atoms with Crippen LogP contribution in [-0.2, 0) is 6.54 Å². The molecule has 1 aromatic carbocycles. The molecule has 1 fully saturated rings. The summed E-state index contributed by atoms with van der Waals surface area (Å²) in [4.78, 5) is 2.26. The van der Waals surface area contributed by atoms with Crippen LogP contribution in [0.1, 0.15) is 30.9 Å². The van der Waals surface area contributed by atoms with Crippen LogP contribution in [0.4, 0.5) is 0 Å². The van der Waals surface area contributed by atoms with Gasteiger partial charge in [-0.2, -0.15) is 0 Å². The number of rotatable bonds is 3. The number of aliphatic hydroxyl groups excluding tert-OH is 1. The van der Waals surface area contributed by atoms with Crippen LogP contribution in [0.3, 0.4) is 0 Å². The number of likely N-dealkylation sites (tertiary alicyclic amines) is 1. The maximum Gasteiger partial charge on any atom is 0.134 e. The maximum atomic E-state index is 10.2. The predicted octanol–water partition coefficient (Wildman–Crippen LogP) is 1.39. The molecule has 4 nitrogen and oxygen atoms in total. The van der Waals surface area contributed by atoms with E-state index in [1.165, 1.54) is 0 Å². The smallest absolute Gasteiger partial charge is 0.134 e. The minimum Gasteiger partial charge on any atom is -0.495 e. The molecule has 1 aromatic rings. The Morgan fingerprint density at radius 1 is 1.43 bits per heavy atom. The Labute approximate surface area is 126 Å². The first kappa shape index (κ1) is 15.8. The van der Waals surface area contributed by atoms with Crippen molar-refractivity contribution in [3.05, 3.63) is 29.3 Å². The lowest BCUT2D eigenvalue weighted by molar-refractivity contribution is -0.0181. The summed E-state index contributed by atoms with van der Waals surface area (Å²) in [5.41, 5.74) is 1.33. The Bertz CT molecular complexity index is 543. The molecule has 2 rings (SSSR count). The van der Waals surface area contributed by atoms with Crippen molar-refractivity contribution in [3.8, 4) is 17.6 Å². The summed E-state index contributed by atoms with van der Waals surface area (Å²) in [6, 6.07) is 5.91. The lowest BCUT2D eigenvalue weighted by Crippen LogP contribution is -2.45. The zero-order valence-electron chi connectivity index (χ0n) is 12.7. The van der Waals surface area contributed by atoms with E-state index in [2.05, 4.69) is 16.7 Å². The number of benzene rings is 1. The molecule has 0 radical (unpaired) electrons. The van der Waals surface area contributed by atoms with Crippen LogP contribution in [0.25, 0.3) is 0 Å². The zero-order valence-corrected chi connectivity index (χ0v) is 12.7. The molecule has 0 saturated carbocycles. The van der Waals surface area contributed by atoms with Gasteiger partial charge in [-0.15, -0.1) is 0 Å². The van der Waals surface area contributed by atoms with E-state index < -0.39 is 5.60 Å². The molecule has 1 saturated heterocycles. The number of hydrogen-bond acceptors (Lipinski definition) is 4. The van der Waals surface area contributed by atoms with Gasteiger partial charge in [0.05, 0.1) is 18.3 Å². The summed E-state index contributed by atoms with van der Waals surface area (Å²) in [6.07, 6.45) is 1.87. The van der Waals surface area contributed by atoms with Crippen LogP contribution in [0, 0.1) is 11.8 Å². The number of nitrogens with zero attached hydrogens (tertiary/aromatic N) is 1. The van der Waals surface area contributed by atoms with Gasteiger partial charge < -0.3 is 14.9 Å². The second-order valence-electron chi connectivity index (χ2n) is 5.81. The normalized spacial score (nSPS) is 22.5. The Morgan fingerprint density at radius 3 is 2.90 bits per heavy atom. The first-order valence-electron chi connectivity index (χ1n) is 7.25.